The summed E-state index contributed by atoms with van der Waals surface area (Å²) in [5, 5.41) is 6.49. The lowest BCUT2D eigenvalue weighted by Crippen LogP contribution is -2.20. The molecule has 0 atom stereocenters. The molecule has 0 saturated carbocycles. The second kappa shape index (κ2) is 5.21. The standard InChI is InChI=1S/C20H19BrN2O/c1-12-5-7-13(8-6-12)19-18-15(22-24-19)9-10-16-17(18)14(21)11-23(16)20(2,3)4/h5-11H,1-4H3. The van der Waals surface area contributed by atoms with Gasteiger partial charge in [0.25, 0.3) is 0 Å². The molecule has 0 spiro atoms. The van der Waals surface area contributed by atoms with Crippen molar-refractivity contribution in [2.24, 2.45) is 0 Å². The van der Waals surface area contributed by atoms with Crippen LogP contribution in [0.15, 0.2) is 51.6 Å². The van der Waals surface area contributed by atoms with E-state index in [0.29, 0.717) is 0 Å². The Morgan fingerprint density at radius 3 is 2.38 bits per heavy atom. The smallest absolute Gasteiger partial charge is 0.175 e. The second-order valence-corrected chi connectivity index (χ2v) is 8.10. The van der Waals surface area contributed by atoms with Crippen molar-refractivity contribution in [3.8, 4) is 11.3 Å². The van der Waals surface area contributed by atoms with Gasteiger partial charge < -0.3 is 9.09 Å². The molecule has 0 saturated heterocycles. The first-order valence-corrected chi connectivity index (χ1v) is 8.82. The van der Waals surface area contributed by atoms with Crippen LogP contribution in [0.2, 0.25) is 0 Å². The number of hydrogen-bond donors (Lipinski definition) is 0. The number of nitrogens with zero attached hydrogens (tertiary/aromatic N) is 2. The average molecular weight is 383 g/mol. The van der Waals surface area contributed by atoms with Crippen molar-refractivity contribution in [1.82, 2.24) is 9.72 Å². The molecule has 24 heavy (non-hydrogen) atoms. The Bertz CT molecular complexity index is 1050. The van der Waals surface area contributed by atoms with Crippen LogP contribution in [-0.2, 0) is 5.54 Å². The Kier molecular flexibility index (Phi) is 3.36. The van der Waals surface area contributed by atoms with E-state index < -0.39 is 0 Å². The van der Waals surface area contributed by atoms with Crippen LogP contribution in [0.3, 0.4) is 0 Å². The van der Waals surface area contributed by atoms with Crippen molar-refractivity contribution in [3.05, 3.63) is 52.6 Å². The summed E-state index contributed by atoms with van der Waals surface area (Å²) >= 11 is 3.74. The summed E-state index contributed by atoms with van der Waals surface area (Å²) < 4.78 is 9.07. The van der Waals surface area contributed by atoms with Gasteiger partial charge in [0, 0.05) is 27.2 Å². The van der Waals surface area contributed by atoms with Gasteiger partial charge in [-0.05, 0) is 55.8 Å². The van der Waals surface area contributed by atoms with Crippen LogP contribution in [0.1, 0.15) is 26.3 Å². The van der Waals surface area contributed by atoms with Gasteiger partial charge in [-0.2, -0.15) is 0 Å². The van der Waals surface area contributed by atoms with Gasteiger partial charge >= 0.3 is 0 Å². The molecule has 0 aliphatic heterocycles. The van der Waals surface area contributed by atoms with E-state index in [2.05, 4.69) is 89.9 Å². The average Bonchev–Trinajstić information content (AvgIpc) is 3.09. The van der Waals surface area contributed by atoms with Crippen molar-refractivity contribution in [3.63, 3.8) is 0 Å². The third kappa shape index (κ3) is 2.28. The van der Waals surface area contributed by atoms with E-state index in [9.17, 15) is 0 Å². The van der Waals surface area contributed by atoms with Crippen molar-refractivity contribution < 1.29 is 4.52 Å². The molecular weight excluding hydrogens is 364 g/mol. The quantitative estimate of drug-likeness (QED) is 0.388. The molecule has 0 unspecified atom stereocenters. The molecular formula is C20H19BrN2O. The van der Waals surface area contributed by atoms with Crippen LogP contribution >= 0.6 is 15.9 Å². The number of halogens is 1. The summed E-state index contributed by atoms with van der Waals surface area (Å²) in [5.41, 5.74) is 4.33. The Morgan fingerprint density at radius 1 is 1.00 bits per heavy atom. The highest BCUT2D eigenvalue weighted by Gasteiger charge is 2.22. The zero-order valence-electron chi connectivity index (χ0n) is 14.2. The third-order valence-electron chi connectivity index (χ3n) is 4.40. The summed E-state index contributed by atoms with van der Waals surface area (Å²) in [6.45, 7) is 8.70. The van der Waals surface area contributed by atoms with Crippen molar-refractivity contribution >= 4 is 37.7 Å². The molecule has 2 heterocycles. The topological polar surface area (TPSA) is 31.0 Å². The molecule has 0 amide bonds. The molecule has 4 aromatic rings. The lowest BCUT2D eigenvalue weighted by Gasteiger charge is -2.22. The number of aryl methyl sites for hydroxylation is 1. The highest BCUT2D eigenvalue weighted by Crippen LogP contribution is 2.40. The Morgan fingerprint density at radius 2 is 1.71 bits per heavy atom. The van der Waals surface area contributed by atoms with Gasteiger partial charge in [0.1, 0.15) is 5.52 Å². The molecule has 2 aromatic carbocycles. The molecule has 0 radical (unpaired) electrons. The summed E-state index contributed by atoms with van der Waals surface area (Å²) in [4.78, 5) is 0. The summed E-state index contributed by atoms with van der Waals surface area (Å²) in [6, 6.07) is 12.5. The fourth-order valence-electron chi connectivity index (χ4n) is 3.17. The molecule has 122 valence electrons. The van der Waals surface area contributed by atoms with Gasteiger partial charge in [0.15, 0.2) is 5.76 Å². The highest BCUT2D eigenvalue weighted by atomic mass is 79.9. The zero-order chi connectivity index (χ0) is 17.1. The lowest BCUT2D eigenvalue weighted by molar-refractivity contribution is 0.410. The van der Waals surface area contributed by atoms with Crippen molar-refractivity contribution in [2.45, 2.75) is 33.2 Å². The van der Waals surface area contributed by atoms with Crippen LogP contribution in [0.25, 0.3) is 33.1 Å². The number of hydrogen-bond acceptors (Lipinski definition) is 2. The number of rotatable bonds is 1. The largest absolute Gasteiger partial charge is 0.355 e. The van der Waals surface area contributed by atoms with Gasteiger partial charge in [-0.3, -0.25) is 0 Å². The van der Waals surface area contributed by atoms with Crippen LogP contribution in [-0.4, -0.2) is 9.72 Å². The van der Waals surface area contributed by atoms with Gasteiger partial charge in [-0.1, -0.05) is 35.0 Å². The predicted molar refractivity (Wildman–Crippen MR) is 102 cm³/mol. The molecule has 0 fully saturated rings. The van der Waals surface area contributed by atoms with E-state index in [1.165, 1.54) is 11.1 Å². The van der Waals surface area contributed by atoms with Crippen molar-refractivity contribution in [1.29, 1.82) is 0 Å². The highest BCUT2D eigenvalue weighted by molar-refractivity contribution is 9.10. The minimum absolute atomic E-state index is 0.000860. The van der Waals surface area contributed by atoms with Gasteiger partial charge in [-0.25, -0.2) is 0 Å². The second-order valence-electron chi connectivity index (χ2n) is 7.25. The summed E-state index contributed by atoms with van der Waals surface area (Å²) in [6.07, 6.45) is 2.15. The maximum Gasteiger partial charge on any atom is 0.175 e. The summed E-state index contributed by atoms with van der Waals surface area (Å²) in [5.74, 6) is 0.822. The fourth-order valence-corrected chi connectivity index (χ4v) is 3.78. The lowest BCUT2D eigenvalue weighted by atomic mass is 10.0. The van der Waals surface area contributed by atoms with E-state index in [0.717, 1.165) is 32.1 Å². The normalized spacial score (nSPS) is 12.4. The summed E-state index contributed by atoms with van der Waals surface area (Å²) in [7, 11) is 0. The fraction of sp³-hybridized carbons (Fsp3) is 0.250. The third-order valence-corrected chi connectivity index (χ3v) is 5.00. The SMILES string of the molecule is Cc1ccc(-c2onc3ccc4c(c(Br)cn4C(C)(C)C)c23)cc1. The Labute approximate surface area is 149 Å². The predicted octanol–water partition coefficient (Wildman–Crippen LogP) is 6.28. The molecule has 2 aromatic heterocycles. The van der Waals surface area contributed by atoms with E-state index in [4.69, 9.17) is 4.52 Å². The zero-order valence-corrected chi connectivity index (χ0v) is 15.8. The molecule has 0 N–H and O–H groups in total. The van der Waals surface area contributed by atoms with Gasteiger partial charge in [0.2, 0.25) is 0 Å². The van der Waals surface area contributed by atoms with Crippen molar-refractivity contribution in [2.75, 3.05) is 0 Å². The Balaban J connectivity index is 2.09. The first-order chi connectivity index (χ1) is 11.4. The van der Waals surface area contributed by atoms with E-state index in [-0.39, 0.29) is 5.54 Å². The molecule has 0 bridgehead atoms. The van der Waals surface area contributed by atoms with Crippen LogP contribution < -0.4 is 0 Å². The molecule has 4 heteroatoms. The molecule has 3 nitrogen and oxygen atoms in total. The van der Waals surface area contributed by atoms with E-state index >= 15 is 0 Å². The van der Waals surface area contributed by atoms with E-state index in [1.54, 1.807) is 0 Å². The minimum atomic E-state index is -0.000860. The molecule has 0 aliphatic carbocycles. The van der Waals surface area contributed by atoms with Gasteiger partial charge in [0.05, 0.1) is 10.9 Å². The van der Waals surface area contributed by atoms with Crippen LogP contribution in [0.5, 0.6) is 0 Å². The molecule has 0 aliphatic rings. The number of fused-ring (bicyclic) bond motifs is 3. The number of aromatic nitrogens is 2. The first-order valence-electron chi connectivity index (χ1n) is 8.03. The van der Waals surface area contributed by atoms with Crippen LogP contribution in [0.4, 0.5) is 0 Å². The minimum Gasteiger partial charge on any atom is -0.355 e. The molecule has 4 rings (SSSR count). The number of benzene rings is 2. The first kappa shape index (κ1) is 15.5. The van der Waals surface area contributed by atoms with E-state index in [1.807, 2.05) is 6.07 Å². The van der Waals surface area contributed by atoms with Gasteiger partial charge in [-0.15, -0.1) is 0 Å². The maximum absolute atomic E-state index is 5.72. The van der Waals surface area contributed by atoms with Crippen LogP contribution in [0, 0.1) is 6.92 Å². The monoisotopic (exact) mass is 382 g/mol. The Hall–Kier alpha value is -2.07. The maximum atomic E-state index is 5.72.